The summed E-state index contributed by atoms with van der Waals surface area (Å²) in [6.07, 6.45) is 19.9. The Morgan fingerprint density at radius 1 is 0.538 bits per heavy atom. The minimum Gasteiger partial charge on any atom is -0.550 e. The number of unbranched alkanes of at least 4 members (excludes halogenated alkanes) is 14. The van der Waals surface area contributed by atoms with E-state index in [0.717, 1.165) is 12.8 Å². The second-order valence-corrected chi connectivity index (χ2v) is 7.23. The number of rotatable bonds is 16. The summed E-state index contributed by atoms with van der Waals surface area (Å²) in [6, 6.07) is 12.0. The Morgan fingerprint density at radius 2 is 0.808 bits per heavy atom. The molecule has 2 nitrogen and oxygen atoms in total. The Morgan fingerprint density at radius 3 is 1.08 bits per heavy atom. The fourth-order valence-corrected chi connectivity index (χ4v) is 3.03. The van der Waals surface area contributed by atoms with Gasteiger partial charge >= 0.3 is 0 Å². The molecule has 0 unspecified atom stereocenters. The van der Waals surface area contributed by atoms with Gasteiger partial charge in [-0.15, -0.1) is 0 Å². The van der Waals surface area contributed by atoms with Gasteiger partial charge in [-0.3, -0.25) is 0 Å². The quantitative estimate of drug-likeness (QED) is 0.308. The zero-order valence-corrected chi connectivity index (χ0v) is 17.1. The van der Waals surface area contributed by atoms with Crippen LogP contribution in [-0.4, -0.2) is 5.97 Å². The summed E-state index contributed by atoms with van der Waals surface area (Å²) in [5.74, 6) is -0.903. The molecular formula is C24H41O2-. The molecule has 0 saturated heterocycles. The molecule has 0 amide bonds. The van der Waals surface area contributed by atoms with Gasteiger partial charge in [-0.2, -0.15) is 0 Å². The number of carboxylic acids is 1. The lowest BCUT2D eigenvalue weighted by atomic mass is 10.0. The highest BCUT2D eigenvalue weighted by molar-refractivity contribution is 5.63. The predicted octanol–water partition coefficient (Wildman–Crippen LogP) is 6.68. The van der Waals surface area contributed by atoms with Crippen molar-refractivity contribution in [3.05, 3.63) is 36.4 Å². The summed E-state index contributed by atoms with van der Waals surface area (Å²) >= 11 is 0. The van der Waals surface area contributed by atoms with Crippen LogP contribution in [0.15, 0.2) is 36.4 Å². The van der Waals surface area contributed by atoms with Gasteiger partial charge in [0.05, 0.1) is 0 Å². The Bertz CT molecular complexity index is 348. The molecular weight excluding hydrogens is 320 g/mol. The molecule has 0 fully saturated rings. The summed E-state index contributed by atoms with van der Waals surface area (Å²) < 4.78 is 0. The summed E-state index contributed by atoms with van der Waals surface area (Å²) in [7, 11) is 0. The molecule has 1 rings (SSSR count). The van der Waals surface area contributed by atoms with Crippen molar-refractivity contribution in [1.82, 2.24) is 0 Å². The number of aliphatic carboxylic acids is 1. The van der Waals surface area contributed by atoms with Crippen molar-refractivity contribution in [3.8, 4) is 0 Å². The SMILES string of the molecule is CCCCCCCCCCCCCCCCCC(=O)[O-].c1ccccc1. The molecule has 0 aliphatic rings. The van der Waals surface area contributed by atoms with Crippen molar-refractivity contribution in [3.63, 3.8) is 0 Å². The van der Waals surface area contributed by atoms with E-state index in [2.05, 4.69) is 6.92 Å². The molecule has 0 atom stereocenters. The normalized spacial score (nSPS) is 10.2. The van der Waals surface area contributed by atoms with E-state index >= 15 is 0 Å². The van der Waals surface area contributed by atoms with E-state index in [1.54, 1.807) is 0 Å². The molecule has 0 radical (unpaired) electrons. The van der Waals surface area contributed by atoms with Gasteiger partial charge in [-0.25, -0.2) is 0 Å². The fraction of sp³-hybridized carbons (Fsp3) is 0.708. The van der Waals surface area contributed by atoms with E-state index in [1.165, 1.54) is 83.5 Å². The number of carboxylic acid groups (broad SMARTS) is 1. The summed E-state index contributed by atoms with van der Waals surface area (Å²) in [6.45, 7) is 2.27. The molecule has 0 N–H and O–H groups in total. The summed E-state index contributed by atoms with van der Waals surface area (Å²) in [4.78, 5) is 10.2. The van der Waals surface area contributed by atoms with Gasteiger partial charge in [0, 0.05) is 5.97 Å². The number of carbonyl (C=O) groups excluding carboxylic acids is 1. The lowest BCUT2D eigenvalue weighted by Crippen LogP contribution is -2.21. The third-order valence-corrected chi connectivity index (χ3v) is 4.65. The van der Waals surface area contributed by atoms with Gasteiger partial charge in [-0.05, 0) is 12.8 Å². The van der Waals surface area contributed by atoms with Crippen LogP contribution in [-0.2, 0) is 4.79 Å². The average Bonchev–Trinajstić information content (AvgIpc) is 2.66. The molecule has 150 valence electrons. The van der Waals surface area contributed by atoms with E-state index in [0.29, 0.717) is 0 Å². The van der Waals surface area contributed by atoms with Crippen LogP contribution in [0.3, 0.4) is 0 Å². The van der Waals surface area contributed by atoms with Crippen molar-refractivity contribution in [1.29, 1.82) is 0 Å². The van der Waals surface area contributed by atoms with Gasteiger partial charge in [0.2, 0.25) is 0 Å². The maximum absolute atomic E-state index is 10.2. The highest BCUT2D eigenvalue weighted by Crippen LogP contribution is 2.13. The monoisotopic (exact) mass is 361 g/mol. The van der Waals surface area contributed by atoms with Gasteiger partial charge in [-0.1, -0.05) is 133 Å². The zero-order valence-electron chi connectivity index (χ0n) is 17.1. The Balaban J connectivity index is 0.000000867. The molecule has 0 bridgehead atoms. The fourth-order valence-electron chi connectivity index (χ4n) is 3.03. The van der Waals surface area contributed by atoms with Crippen LogP contribution in [0.5, 0.6) is 0 Å². The average molecular weight is 362 g/mol. The summed E-state index contributed by atoms with van der Waals surface area (Å²) in [5.41, 5.74) is 0. The van der Waals surface area contributed by atoms with E-state index in [9.17, 15) is 9.90 Å². The largest absolute Gasteiger partial charge is 0.550 e. The van der Waals surface area contributed by atoms with Crippen LogP contribution in [0.1, 0.15) is 110 Å². The lowest BCUT2D eigenvalue weighted by molar-refractivity contribution is -0.305. The van der Waals surface area contributed by atoms with Crippen LogP contribution in [0.25, 0.3) is 0 Å². The zero-order chi connectivity index (χ0) is 19.1. The molecule has 0 heterocycles. The van der Waals surface area contributed by atoms with Gasteiger partial charge in [0.15, 0.2) is 0 Å². The van der Waals surface area contributed by atoms with Gasteiger partial charge < -0.3 is 9.90 Å². The number of hydrogen-bond donors (Lipinski definition) is 0. The first-order chi connectivity index (χ1) is 12.8. The minimum atomic E-state index is -0.903. The predicted molar refractivity (Wildman–Crippen MR) is 111 cm³/mol. The molecule has 26 heavy (non-hydrogen) atoms. The molecule has 0 spiro atoms. The lowest BCUT2D eigenvalue weighted by Gasteiger charge is -2.04. The standard InChI is InChI=1S/C18H36O2.C6H6/c1-2-3-4-5-6-7-8-9-10-11-12-13-14-15-16-17-18(19)20;1-2-4-6-5-3-1/h2-17H2,1H3,(H,19,20);1-6H/p-1. The van der Waals surface area contributed by atoms with Gasteiger partial charge in [0.25, 0.3) is 0 Å². The molecule has 0 aromatic heterocycles. The van der Waals surface area contributed by atoms with Crippen molar-refractivity contribution in [2.45, 2.75) is 110 Å². The topological polar surface area (TPSA) is 40.1 Å². The second-order valence-electron chi connectivity index (χ2n) is 7.23. The molecule has 1 aromatic rings. The van der Waals surface area contributed by atoms with Crippen LogP contribution in [0.2, 0.25) is 0 Å². The third-order valence-electron chi connectivity index (χ3n) is 4.65. The molecule has 1 aromatic carbocycles. The third kappa shape index (κ3) is 22.7. The van der Waals surface area contributed by atoms with E-state index < -0.39 is 5.97 Å². The van der Waals surface area contributed by atoms with Crippen LogP contribution >= 0.6 is 0 Å². The van der Waals surface area contributed by atoms with Crippen molar-refractivity contribution < 1.29 is 9.90 Å². The van der Waals surface area contributed by atoms with E-state index in [1.807, 2.05) is 36.4 Å². The van der Waals surface area contributed by atoms with E-state index in [-0.39, 0.29) is 6.42 Å². The van der Waals surface area contributed by atoms with E-state index in [4.69, 9.17) is 0 Å². The number of benzene rings is 1. The second kappa shape index (κ2) is 21.7. The highest BCUT2D eigenvalue weighted by Gasteiger charge is 1.94. The molecule has 2 heteroatoms. The first-order valence-electron chi connectivity index (χ1n) is 11.0. The number of hydrogen-bond acceptors (Lipinski definition) is 2. The minimum absolute atomic E-state index is 0.234. The maximum Gasteiger partial charge on any atom is 0.0414 e. The van der Waals surface area contributed by atoms with Crippen molar-refractivity contribution in [2.75, 3.05) is 0 Å². The van der Waals surface area contributed by atoms with Gasteiger partial charge in [0.1, 0.15) is 0 Å². The Kier molecular flexibility index (Phi) is 20.6. The first-order valence-corrected chi connectivity index (χ1v) is 11.0. The first kappa shape index (κ1) is 24.7. The van der Waals surface area contributed by atoms with Crippen LogP contribution in [0.4, 0.5) is 0 Å². The maximum atomic E-state index is 10.2. The molecule has 0 aliphatic heterocycles. The highest BCUT2D eigenvalue weighted by atomic mass is 16.4. The van der Waals surface area contributed by atoms with Crippen molar-refractivity contribution in [2.24, 2.45) is 0 Å². The summed E-state index contributed by atoms with van der Waals surface area (Å²) in [5, 5.41) is 10.2. The molecule has 0 aliphatic carbocycles. The smallest absolute Gasteiger partial charge is 0.0414 e. The number of carbonyl (C=O) groups is 1. The Labute approximate surface area is 162 Å². The van der Waals surface area contributed by atoms with Crippen LogP contribution in [0, 0.1) is 0 Å². The molecule has 0 saturated carbocycles. The van der Waals surface area contributed by atoms with Crippen LogP contribution < -0.4 is 5.11 Å². The van der Waals surface area contributed by atoms with Crippen molar-refractivity contribution >= 4 is 5.97 Å². The Hall–Kier alpha value is -1.31.